The van der Waals surface area contributed by atoms with Crippen LogP contribution in [0.25, 0.3) is 76.2 Å². The predicted octanol–water partition coefficient (Wildman–Crippen LogP) is 20.5. The summed E-state index contributed by atoms with van der Waals surface area (Å²) in [5.74, 6) is 1.06. The summed E-state index contributed by atoms with van der Waals surface area (Å²) in [6.07, 6.45) is 12.7. The maximum absolute atomic E-state index is 7.29. The van der Waals surface area contributed by atoms with Crippen LogP contribution in [0.2, 0.25) is 39.3 Å². The first-order valence-electron chi connectivity index (χ1n) is 28.4. The zero-order valence-corrected chi connectivity index (χ0v) is 47.1. The van der Waals surface area contributed by atoms with Crippen molar-refractivity contribution < 1.29 is 8.83 Å². The van der Waals surface area contributed by atoms with E-state index in [-0.39, 0.29) is 0 Å². The molecule has 6 heteroatoms. The van der Waals surface area contributed by atoms with Crippen LogP contribution in [0.15, 0.2) is 179 Å². The van der Waals surface area contributed by atoms with Gasteiger partial charge in [-0.15, -0.1) is 0 Å². The lowest BCUT2D eigenvalue weighted by Crippen LogP contribution is -2.37. The summed E-state index contributed by atoms with van der Waals surface area (Å²) >= 11 is 0. The monoisotopic (exact) mass is 1020 g/mol. The largest absolute Gasteiger partial charge is 0.454 e. The number of hydrogen-bond donors (Lipinski definition) is 0. The van der Waals surface area contributed by atoms with Gasteiger partial charge in [0.25, 0.3) is 0 Å². The molecule has 12 aromatic rings. The van der Waals surface area contributed by atoms with Crippen LogP contribution in [-0.2, 0) is 0 Å². The van der Waals surface area contributed by atoms with E-state index in [1.165, 1.54) is 140 Å². The Labute approximate surface area is 449 Å². The van der Waals surface area contributed by atoms with E-state index in [1.807, 2.05) is 0 Å². The van der Waals surface area contributed by atoms with E-state index in [0.29, 0.717) is 11.8 Å². The SMILES string of the molecule is C[Si](C)(C)c1ccc(N(c2ccc3ccc4c(N(c5ccc([Si](C)(C)C)cc5)c5cccc6c5oc5c(C7CCCCC7)cccc56)ccc5ccc2c3c54)c2cccc3c2oc2c(C4CCCCC4)cccc23)cc1. The number of rotatable bonds is 10. The van der Waals surface area contributed by atoms with E-state index >= 15 is 0 Å². The summed E-state index contributed by atoms with van der Waals surface area (Å²) in [6, 6.07) is 65.0. The summed E-state index contributed by atoms with van der Waals surface area (Å²) in [4.78, 5) is 4.98. The summed E-state index contributed by atoms with van der Waals surface area (Å²) in [5.41, 5.74) is 13.3. The number of fused-ring (bicyclic) bond motifs is 6. The van der Waals surface area contributed by atoms with Crippen LogP contribution < -0.4 is 20.2 Å². The Bertz CT molecular complexity index is 3890. The number of para-hydroxylation sites is 4. The average Bonchev–Trinajstić information content (AvgIpc) is 4.18. The van der Waals surface area contributed by atoms with Gasteiger partial charge in [-0.05, 0) is 119 Å². The molecule has 378 valence electrons. The maximum atomic E-state index is 7.29. The van der Waals surface area contributed by atoms with E-state index in [2.05, 4.69) is 219 Å². The molecule has 76 heavy (non-hydrogen) atoms. The molecule has 0 atom stereocenters. The Morgan fingerprint density at radius 1 is 0.329 bits per heavy atom. The van der Waals surface area contributed by atoms with Crippen LogP contribution in [0.4, 0.5) is 34.1 Å². The highest BCUT2D eigenvalue weighted by atomic mass is 28.3. The Morgan fingerprint density at radius 2 is 0.684 bits per heavy atom. The van der Waals surface area contributed by atoms with E-state index in [0.717, 1.165) is 56.5 Å². The molecule has 2 saturated carbocycles. The minimum absolute atomic E-state index is 0.528. The van der Waals surface area contributed by atoms with Crippen LogP contribution in [0.1, 0.15) is 87.2 Å². The normalized spacial score (nSPS) is 15.4. The second-order valence-electron chi connectivity index (χ2n) is 24.5. The van der Waals surface area contributed by atoms with Crippen LogP contribution in [0.3, 0.4) is 0 Å². The fourth-order valence-electron chi connectivity index (χ4n) is 13.7. The van der Waals surface area contributed by atoms with Crippen LogP contribution in [0.5, 0.6) is 0 Å². The molecule has 0 saturated heterocycles. The first-order chi connectivity index (χ1) is 37.0. The maximum Gasteiger partial charge on any atom is 0.159 e. The highest BCUT2D eigenvalue weighted by molar-refractivity contribution is 6.89. The fourth-order valence-corrected chi connectivity index (χ4v) is 16.0. The molecule has 0 N–H and O–H groups in total. The first-order valence-corrected chi connectivity index (χ1v) is 35.4. The van der Waals surface area contributed by atoms with Crippen molar-refractivity contribution in [2.45, 2.75) is 115 Å². The highest BCUT2D eigenvalue weighted by Gasteiger charge is 2.29. The van der Waals surface area contributed by atoms with E-state index in [9.17, 15) is 0 Å². The van der Waals surface area contributed by atoms with Gasteiger partial charge in [-0.2, -0.15) is 0 Å². The van der Waals surface area contributed by atoms with Crippen molar-refractivity contribution in [2.24, 2.45) is 0 Å². The molecule has 2 aliphatic carbocycles. The van der Waals surface area contributed by atoms with Gasteiger partial charge in [0.05, 0.1) is 38.9 Å². The molecule has 0 bridgehead atoms. The number of nitrogens with zero attached hydrogens (tertiary/aromatic N) is 2. The highest BCUT2D eigenvalue weighted by Crippen LogP contribution is 2.51. The van der Waals surface area contributed by atoms with Gasteiger partial charge >= 0.3 is 0 Å². The molecule has 0 aliphatic heterocycles. The second-order valence-corrected chi connectivity index (χ2v) is 34.6. The molecule has 2 aliphatic rings. The van der Waals surface area contributed by atoms with Crippen molar-refractivity contribution in [1.29, 1.82) is 0 Å². The van der Waals surface area contributed by atoms with E-state index < -0.39 is 16.1 Å². The molecule has 4 nitrogen and oxygen atoms in total. The number of furan rings is 2. The molecular weight excluding hydrogens is 957 g/mol. The van der Waals surface area contributed by atoms with Crippen LogP contribution in [-0.4, -0.2) is 16.1 Å². The molecule has 0 amide bonds. The summed E-state index contributed by atoms with van der Waals surface area (Å²) in [5, 5.41) is 15.0. The summed E-state index contributed by atoms with van der Waals surface area (Å²) < 4.78 is 14.6. The lowest BCUT2D eigenvalue weighted by molar-refractivity contribution is 0.442. The molecule has 2 heterocycles. The van der Waals surface area contributed by atoms with Gasteiger partial charge in [-0.1, -0.05) is 210 Å². The van der Waals surface area contributed by atoms with E-state index in [1.54, 1.807) is 0 Å². The third-order valence-corrected chi connectivity index (χ3v) is 21.9. The zero-order chi connectivity index (χ0) is 51.5. The smallest absolute Gasteiger partial charge is 0.159 e. The molecule has 2 fully saturated rings. The molecule has 0 unspecified atom stereocenters. The molecule has 14 rings (SSSR count). The Balaban J connectivity index is 0.994. The number of anilines is 6. The van der Waals surface area contributed by atoms with Crippen molar-refractivity contribution >= 4 is 137 Å². The first kappa shape index (κ1) is 47.3. The predicted molar refractivity (Wildman–Crippen MR) is 332 cm³/mol. The van der Waals surface area contributed by atoms with Crippen molar-refractivity contribution in [3.63, 3.8) is 0 Å². The standard InChI is InChI=1S/C70H68N2O2Si2/c1-75(2,3)51-37-33-49(34-38-51)71(63-27-15-25-57-55-23-13-21-53(67(55)73-69(57)63)45-17-9-7-10-18-45)61-43-31-47-30-42-60-62(44-32-48-29-41-59(61)65(47)66(48)60)72(50-35-39-52(40-36-50)76(4,5)6)64-28-16-26-58-56-24-14-22-54(68(56)74-70(58)64)46-19-11-8-12-20-46/h13-16,21-46H,7-12,17-20H2,1-6H3. The quantitative estimate of drug-likeness (QED) is 0.101. The van der Waals surface area contributed by atoms with Crippen molar-refractivity contribution in [2.75, 3.05) is 9.80 Å². The van der Waals surface area contributed by atoms with Gasteiger partial charge < -0.3 is 18.6 Å². The average molecular weight is 1030 g/mol. The van der Waals surface area contributed by atoms with Gasteiger partial charge in [-0.3, -0.25) is 0 Å². The van der Waals surface area contributed by atoms with Gasteiger partial charge in [0.2, 0.25) is 0 Å². The van der Waals surface area contributed by atoms with Crippen molar-refractivity contribution in [3.8, 4) is 0 Å². The lowest BCUT2D eigenvalue weighted by atomic mass is 9.83. The third kappa shape index (κ3) is 7.80. The van der Waals surface area contributed by atoms with Gasteiger partial charge in [0, 0.05) is 43.7 Å². The van der Waals surface area contributed by atoms with Gasteiger partial charge in [-0.25, -0.2) is 0 Å². The molecular formula is C70H68N2O2Si2. The van der Waals surface area contributed by atoms with Crippen LogP contribution >= 0.6 is 0 Å². The number of hydrogen-bond acceptors (Lipinski definition) is 4. The van der Waals surface area contributed by atoms with Gasteiger partial charge in [0.1, 0.15) is 11.2 Å². The van der Waals surface area contributed by atoms with Crippen LogP contribution in [0, 0.1) is 0 Å². The molecule has 2 aromatic heterocycles. The Hall–Kier alpha value is -7.13. The Kier molecular flexibility index (Phi) is 11.4. The molecule has 10 aromatic carbocycles. The topological polar surface area (TPSA) is 32.8 Å². The van der Waals surface area contributed by atoms with Crippen molar-refractivity contribution in [1.82, 2.24) is 0 Å². The minimum atomic E-state index is -1.58. The lowest BCUT2D eigenvalue weighted by Gasteiger charge is -2.30. The van der Waals surface area contributed by atoms with Crippen molar-refractivity contribution in [3.05, 3.63) is 181 Å². The summed E-state index contributed by atoms with van der Waals surface area (Å²) in [7, 11) is -3.16. The zero-order valence-electron chi connectivity index (χ0n) is 45.1. The third-order valence-electron chi connectivity index (χ3n) is 17.7. The fraction of sp³-hybridized carbons (Fsp3) is 0.257. The summed E-state index contributed by atoms with van der Waals surface area (Å²) in [6.45, 7) is 14.6. The second kappa shape index (κ2) is 18.3. The molecule has 0 radical (unpaired) electrons. The van der Waals surface area contributed by atoms with E-state index in [4.69, 9.17) is 8.83 Å². The Morgan fingerprint density at radius 3 is 1.07 bits per heavy atom. The number of benzene rings is 10. The molecule has 0 spiro atoms. The van der Waals surface area contributed by atoms with Gasteiger partial charge in [0.15, 0.2) is 11.2 Å². The minimum Gasteiger partial charge on any atom is -0.454 e.